The first-order valence-electron chi connectivity index (χ1n) is 8.22. The molecule has 2 atom stereocenters. The second-order valence-corrected chi connectivity index (χ2v) is 6.77. The van der Waals surface area contributed by atoms with Gasteiger partial charge in [-0.2, -0.15) is 0 Å². The summed E-state index contributed by atoms with van der Waals surface area (Å²) in [6, 6.07) is 0.279. The molecule has 5 nitrogen and oxygen atoms in total. The number of carbonyl (C=O) groups excluding carboxylic acids is 1. The van der Waals surface area contributed by atoms with Crippen LogP contribution in [0.4, 0.5) is 4.79 Å². The van der Waals surface area contributed by atoms with Crippen LogP contribution in [0.1, 0.15) is 59.8 Å². The number of nitrogens with one attached hydrogen (secondary N) is 2. The van der Waals surface area contributed by atoms with Gasteiger partial charge in [0, 0.05) is 25.7 Å². The van der Waals surface area contributed by atoms with Crippen molar-refractivity contribution in [3.05, 3.63) is 0 Å². The highest BCUT2D eigenvalue weighted by atomic mass is 16.6. The van der Waals surface area contributed by atoms with Crippen LogP contribution in [0, 0.1) is 0 Å². The van der Waals surface area contributed by atoms with E-state index >= 15 is 0 Å². The van der Waals surface area contributed by atoms with Crippen LogP contribution in [0.3, 0.4) is 0 Å². The number of hydrogen-bond acceptors (Lipinski definition) is 4. The topological polar surface area (TPSA) is 59.6 Å². The predicted molar refractivity (Wildman–Crippen MR) is 84.5 cm³/mol. The van der Waals surface area contributed by atoms with Gasteiger partial charge in [-0.15, -0.1) is 0 Å². The first-order valence-corrected chi connectivity index (χ1v) is 8.22. The zero-order chi connectivity index (χ0) is 15.7. The van der Waals surface area contributed by atoms with E-state index in [9.17, 15) is 4.79 Å². The lowest BCUT2D eigenvalue weighted by Gasteiger charge is -2.23. The molecule has 0 saturated carbocycles. The molecule has 1 aliphatic rings. The average molecular weight is 300 g/mol. The molecule has 21 heavy (non-hydrogen) atoms. The maximum Gasteiger partial charge on any atom is 0.407 e. The summed E-state index contributed by atoms with van der Waals surface area (Å²) >= 11 is 0. The molecule has 2 unspecified atom stereocenters. The molecule has 0 spiro atoms. The molecule has 1 fully saturated rings. The van der Waals surface area contributed by atoms with Crippen LogP contribution in [0.5, 0.6) is 0 Å². The molecule has 5 heteroatoms. The maximum atomic E-state index is 11.7. The number of carbonyl (C=O) groups is 1. The smallest absolute Gasteiger partial charge is 0.407 e. The first kappa shape index (κ1) is 18.2. The van der Waals surface area contributed by atoms with Gasteiger partial charge in [-0.05, 0) is 40.0 Å². The highest BCUT2D eigenvalue weighted by molar-refractivity contribution is 5.67. The van der Waals surface area contributed by atoms with Crippen molar-refractivity contribution >= 4 is 6.09 Å². The molecule has 2 N–H and O–H groups in total. The summed E-state index contributed by atoms with van der Waals surface area (Å²) in [4.78, 5) is 11.7. The largest absolute Gasteiger partial charge is 0.444 e. The Morgan fingerprint density at radius 2 is 2.19 bits per heavy atom. The standard InChI is InChI=1S/C16H32N2O3/c1-5-6-8-13(17-12-14-9-7-10-20-14)11-18-15(19)21-16(2,3)4/h13-14,17H,5-12H2,1-4H3,(H,18,19). The lowest BCUT2D eigenvalue weighted by Crippen LogP contribution is -2.44. The SMILES string of the molecule is CCCCC(CNC(=O)OC(C)(C)C)NCC1CCCO1. The van der Waals surface area contributed by atoms with Gasteiger partial charge in [0.2, 0.25) is 0 Å². The lowest BCUT2D eigenvalue weighted by molar-refractivity contribution is 0.0520. The van der Waals surface area contributed by atoms with Crippen molar-refractivity contribution in [3.63, 3.8) is 0 Å². The van der Waals surface area contributed by atoms with E-state index in [0.29, 0.717) is 12.6 Å². The summed E-state index contributed by atoms with van der Waals surface area (Å²) in [6.07, 6.45) is 5.64. The molecule has 0 aromatic heterocycles. The predicted octanol–water partition coefficient (Wildman–Crippen LogP) is 2.84. The van der Waals surface area contributed by atoms with E-state index in [1.165, 1.54) is 0 Å². The zero-order valence-electron chi connectivity index (χ0n) is 14.0. The number of amides is 1. The van der Waals surface area contributed by atoms with Crippen molar-refractivity contribution in [2.75, 3.05) is 19.7 Å². The Bertz CT molecular complexity index is 296. The highest BCUT2D eigenvalue weighted by Crippen LogP contribution is 2.11. The van der Waals surface area contributed by atoms with Gasteiger partial charge in [0.25, 0.3) is 0 Å². The van der Waals surface area contributed by atoms with Gasteiger partial charge in [0.1, 0.15) is 5.60 Å². The van der Waals surface area contributed by atoms with Gasteiger partial charge >= 0.3 is 6.09 Å². The minimum absolute atomic E-state index is 0.279. The van der Waals surface area contributed by atoms with Gasteiger partial charge in [0.05, 0.1) is 6.10 Å². The Balaban J connectivity index is 2.29. The molecule has 0 aromatic carbocycles. The van der Waals surface area contributed by atoms with Crippen LogP contribution in [0.15, 0.2) is 0 Å². The van der Waals surface area contributed by atoms with Crippen LogP contribution in [0.25, 0.3) is 0 Å². The van der Waals surface area contributed by atoms with Crippen LogP contribution >= 0.6 is 0 Å². The van der Waals surface area contributed by atoms with E-state index < -0.39 is 5.60 Å². The van der Waals surface area contributed by atoms with Crippen molar-refractivity contribution in [3.8, 4) is 0 Å². The van der Waals surface area contributed by atoms with E-state index in [4.69, 9.17) is 9.47 Å². The Morgan fingerprint density at radius 1 is 1.43 bits per heavy atom. The average Bonchev–Trinajstić information content (AvgIpc) is 2.89. The Kier molecular flexibility index (Phi) is 8.04. The van der Waals surface area contributed by atoms with Crippen molar-refractivity contribution in [2.45, 2.75) is 77.5 Å². The number of alkyl carbamates (subject to hydrolysis) is 1. The van der Waals surface area contributed by atoms with Crippen LogP contribution in [0.2, 0.25) is 0 Å². The van der Waals surface area contributed by atoms with E-state index in [1.807, 2.05) is 20.8 Å². The van der Waals surface area contributed by atoms with E-state index in [2.05, 4.69) is 17.6 Å². The summed E-state index contributed by atoms with van der Waals surface area (Å²) in [7, 11) is 0. The van der Waals surface area contributed by atoms with Crippen LogP contribution in [-0.2, 0) is 9.47 Å². The molecule has 1 heterocycles. The van der Waals surface area contributed by atoms with Gasteiger partial charge < -0.3 is 20.1 Å². The first-order chi connectivity index (χ1) is 9.90. The van der Waals surface area contributed by atoms with E-state index in [1.54, 1.807) is 0 Å². The van der Waals surface area contributed by atoms with Crippen LogP contribution in [-0.4, -0.2) is 43.5 Å². The minimum Gasteiger partial charge on any atom is -0.444 e. The second-order valence-electron chi connectivity index (χ2n) is 6.77. The summed E-state index contributed by atoms with van der Waals surface area (Å²) in [5, 5.41) is 6.38. The fourth-order valence-electron chi connectivity index (χ4n) is 2.35. The molecule has 1 saturated heterocycles. The summed E-state index contributed by atoms with van der Waals surface area (Å²) in [5.41, 5.74) is -0.450. The van der Waals surface area contributed by atoms with Crippen molar-refractivity contribution in [1.82, 2.24) is 10.6 Å². The second kappa shape index (κ2) is 9.26. The van der Waals surface area contributed by atoms with Gasteiger partial charge in [0.15, 0.2) is 0 Å². The number of hydrogen-bond donors (Lipinski definition) is 2. The van der Waals surface area contributed by atoms with Gasteiger partial charge in [-0.3, -0.25) is 0 Å². The third kappa shape index (κ3) is 8.94. The van der Waals surface area contributed by atoms with Crippen LogP contribution < -0.4 is 10.6 Å². The quantitative estimate of drug-likeness (QED) is 0.723. The van der Waals surface area contributed by atoms with Crippen molar-refractivity contribution in [1.29, 1.82) is 0 Å². The number of ether oxygens (including phenoxy) is 2. The normalized spacial score (nSPS) is 20.3. The Morgan fingerprint density at radius 3 is 2.76 bits per heavy atom. The fourth-order valence-corrected chi connectivity index (χ4v) is 2.35. The highest BCUT2D eigenvalue weighted by Gasteiger charge is 2.19. The number of rotatable bonds is 8. The van der Waals surface area contributed by atoms with Crippen molar-refractivity contribution < 1.29 is 14.3 Å². The van der Waals surface area contributed by atoms with Gasteiger partial charge in [-0.1, -0.05) is 19.8 Å². The molecule has 124 valence electrons. The molecule has 0 radical (unpaired) electrons. The van der Waals surface area contributed by atoms with E-state index in [0.717, 1.165) is 45.3 Å². The maximum absolute atomic E-state index is 11.7. The summed E-state index contributed by atoms with van der Waals surface area (Å²) in [5.74, 6) is 0. The fraction of sp³-hybridized carbons (Fsp3) is 0.938. The molecule has 0 bridgehead atoms. The monoisotopic (exact) mass is 300 g/mol. The molecule has 1 amide bonds. The Labute approximate surface area is 129 Å². The molecule has 1 aliphatic heterocycles. The van der Waals surface area contributed by atoms with Crippen molar-refractivity contribution in [2.24, 2.45) is 0 Å². The van der Waals surface area contributed by atoms with Gasteiger partial charge in [-0.25, -0.2) is 4.79 Å². The molecular weight excluding hydrogens is 268 g/mol. The molecular formula is C16H32N2O3. The third-order valence-electron chi connectivity index (χ3n) is 3.46. The minimum atomic E-state index is -0.450. The zero-order valence-corrected chi connectivity index (χ0v) is 14.0. The number of unbranched alkanes of at least 4 members (excludes halogenated alkanes) is 1. The molecule has 1 rings (SSSR count). The third-order valence-corrected chi connectivity index (χ3v) is 3.46. The lowest BCUT2D eigenvalue weighted by atomic mass is 10.1. The molecule has 0 aliphatic carbocycles. The van der Waals surface area contributed by atoms with E-state index in [-0.39, 0.29) is 12.1 Å². The Hall–Kier alpha value is -0.810. The summed E-state index contributed by atoms with van der Waals surface area (Å²) < 4.78 is 10.9. The summed E-state index contributed by atoms with van der Waals surface area (Å²) in [6.45, 7) is 10.1. The molecule has 0 aromatic rings.